The van der Waals surface area contributed by atoms with Crippen LogP contribution >= 0.6 is 0 Å². The monoisotopic (exact) mass is 297 g/mol. The van der Waals surface area contributed by atoms with E-state index in [1.54, 1.807) is 5.57 Å². The summed E-state index contributed by atoms with van der Waals surface area (Å²) in [5.74, 6) is 4.97. The number of hydrogen-bond donors (Lipinski definition) is 0. The van der Waals surface area contributed by atoms with Crippen molar-refractivity contribution in [2.24, 2.45) is 40.9 Å². The summed E-state index contributed by atoms with van der Waals surface area (Å²) in [6.45, 7) is 17.5. The first-order valence-corrected chi connectivity index (χ1v) is 9.45. The maximum Gasteiger partial charge on any atom is 0.233 e. The summed E-state index contributed by atoms with van der Waals surface area (Å²) >= 11 is 0. The van der Waals surface area contributed by atoms with E-state index >= 15 is 0 Å². The van der Waals surface area contributed by atoms with Crippen LogP contribution in [-0.4, -0.2) is 5.54 Å². The molecular weight excluding hydrogens is 266 g/mol. The largest absolute Gasteiger partial charge is 0.310 e. The maximum atomic E-state index is 7.81. The molecule has 0 spiro atoms. The topological polar surface area (TPSA) is 4.36 Å². The lowest BCUT2D eigenvalue weighted by molar-refractivity contribution is -0.0624. The SMILES string of the molecule is [C-]#[N+][C@@]1(C)CC[C@H]2[C@H]3[C@H]4C(=CC(C)(C)C[C@@H]4C[C@@H]2C)CC[C@@H]31. The van der Waals surface area contributed by atoms with Gasteiger partial charge in [-0.3, -0.25) is 0 Å². The number of allylic oxidation sites excluding steroid dienone is 2. The lowest BCUT2D eigenvalue weighted by Gasteiger charge is -2.59. The molecule has 7 atom stereocenters. The van der Waals surface area contributed by atoms with Gasteiger partial charge in [0.2, 0.25) is 5.54 Å². The summed E-state index contributed by atoms with van der Waals surface area (Å²) in [6.07, 6.45) is 10.5. The highest BCUT2D eigenvalue weighted by Crippen LogP contribution is 2.64. The van der Waals surface area contributed by atoms with Crippen molar-refractivity contribution in [1.82, 2.24) is 0 Å². The van der Waals surface area contributed by atoms with Gasteiger partial charge < -0.3 is 4.85 Å². The molecule has 0 N–H and O–H groups in total. The molecule has 4 aliphatic rings. The smallest absolute Gasteiger partial charge is 0.233 e. The van der Waals surface area contributed by atoms with Gasteiger partial charge >= 0.3 is 0 Å². The van der Waals surface area contributed by atoms with Crippen LogP contribution in [0.1, 0.15) is 66.2 Å². The van der Waals surface area contributed by atoms with Gasteiger partial charge in [0.1, 0.15) is 0 Å². The normalized spacial score (nSPS) is 52.2. The Kier molecular flexibility index (Phi) is 3.11. The summed E-state index contributed by atoms with van der Waals surface area (Å²) in [6, 6.07) is 0. The molecule has 22 heavy (non-hydrogen) atoms. The zero-order valence-electron chi connectivity index (χ0n) is 14.7. The van der Waals surface area contributed by atoms with E-state index in [-0.39, 0.29) is 5.54 Å². The lowest BCUT2D eigenvalue weighted by atomic mass is 9.44. The molecule has 0 saturated heterocycles. The Morgan fingerprint density at radius 2 is 2.00 bits per heavy atom. The van der Waals surface area contributed by atoms with E-state index in [9.17, 15) is 0 Å². The average Bonchev–Trinajstić information content (AvgIpc) is 2.45. The second kappa shape index (κ2) is 4.62. The molecule has 0 aromatic heterocycles. The van der Waals surface area contributed by atoms with Crippen molar-refractivity contribution in [2.45, 2.75) is 71.8 Å². The van der Waals surface area contributed by atoms with Crippen LogP contribution < -0.4 is 0 Å². The van der Waals surface area contributed by atoms with Crippen LogP contribution in [0.5, 0.6) is 0 Å². The molecule has 0 bridgehead atoms. The minimum Gasteiger partial charge on any atom is -0.310 e. The lowest BCUT2D eigenvalue weighted by Crippen LogP contribution is -2.56. The third-order valence-corrected chi connectivity index (χ3v) is 7.86. The fourth-order valence-corrected chi connectivity index (χ4v) is 7.14. The van der Waals surface area contributed by atoms with Gasteiger partial charge in [-0.1, -0.05) is 32.4 Å². The van der Waals surface area contributed by atoms with E-state index in [1.807, 2.05) is 0 Å². The van der Waals surface area contributed by atoms with Gasteiger partial charge in [0.25, 0.3) is 0 Å². The van der Waals surface area contributed by atoms with Crippen molar-refractivity contribution in [2.75, 3.05) is 0 Å². The predicted octanol–water partition coefficient (Wildman–Crippen LogP) is 5.73. The van der Waals surface area contributed by atoms with E-state index < -0.39 is 0 Å². The van der Waals surface area contributed by atoms with Gasteiger partial charge in [0, 0.05) is 19.3 Å². The zero-order chi connectivity index (χ0) is 15.7. The van der Waals surface area contributed by atoms with Crippen LogP contribution in [0.4, 0.5) is 0 Å². The Bertz CT molecular complexity index is 551. The highest BCUT2D eigenvalue weighted by molar-refractivity contribution is 5.26. The number of nitrogens with zero attached hydrogens (tertiary/aromatic N) is 1. The molecule has 3 saturated carbocycles. The fourth-order valence-electron chi connectivity index (χ4n) is 7.14. The highest BCUT2D eigenvalue weighted by Gasteiger charge is 2.60. The van der Waals surface area contributed by atoms with Crippen LogP contribution in [0.2, 0.25) is 0 Å². The first-order valence-electron chi connectivity index (χ1n) is 9.45. The van der Waals surface area contributed by atoms with Gasteiger partial charge in [-0.15, -0.1) is 0 Å². The molecule has 4 rings (SSSR count). The molecule has 0 radical (unpaired) electrons. The summed E-state index contributed by atoms with van der Waals surface area (Å²) in [5.41, 5.74) is 2.11. The van der Waals surface area contributed by atoms with Gasteiger partial charge in [0.05, 0.1) is 0 Å². The molecule has 0 unspecified atom stereocenters. The molecule has 0 aromatic rings. The van der Waals surface area contributed by atoms with E-state index in [0.29, 0.717) is 11.3 Å². The van der Waals surface area contributed by atoms with Crippen molar-refractivity contribution in [1.29, 1.82) is 0 Å². The van der Waals surface area contributed by atoms with Crippen LogP contribution in [0, 0.1) is 47.5 Å². The van der Waals surface area contributed by atoms with Crippen molar-refractivity contribution in [3.63, 3.8) is 0 Å². The summed E-state index contributed by atoms with van der Waals surface area (Å²) in [5, 5.41) is 0. The maximum absolute atomic E-state index is 7.81. The Balaban J connectivity index is 1.79. The summed E-state index contributed by atoms with van der Waals surface area (Å²) in [4.78, 5) is 4.17. The molecule has 4 aliphatic carbocycles. The van der Waals surface area contributed by atoms with Gasteiger partial charge in [-0.05, 0) is 67.1 Å². The average molecular weight is 297 g/mol. The van der Waals surface area contributed by atoms with E-state index in [2.05, 4.69) is 38.6 Å². The molecular formula is C21H31N. The second-order valence-electron chi connectivity index (χ2n) is 9.80. The Morgan fingerprint density at radius 1 is 1.23 bits per heavy atom. The van der Waals surface area contributed by atoms with Gasteiger partial charge in [0.15, 0.2) is 0 Å². The first-order chi connectivity index (χ1) is 10.3. The molecule has 3 fully saturated rings. The van der Waals surface area contributed by atoms with Crippen LogP contribution in [0.25, 0.3) is 4.85 Å². The van der Waals surface area contributed by atoms with Crippen LogP contribution in [-0.2, 0) is 0 Å². The molecule has 0 aromatic carbocycles. The first kappa shape index (κ1) is 14.8. The second-order valence-corrected chi connectivity index (χ2v) is 9.80. The Hall–Kier alpha value is -0.770. The van der Waals surface area contributed by atoms with Crippen LogP contribution in [0.15, 0.2) is 11.6 Å². The molecule has 1 heteroatoms. The van der Waals surface area contributed by atoms with Gasteiger partial charge in [-0.25, -0.2) is 6.57 Å². The number of hydrogen-bond acceptors (Lipinski definition) is 0. The number of rotatable bonds is 0. The molecule has 0 amide bonds. The standard InChI is InChI=1S/C21H31N/c1-13-10-15-12-20(2,3)11-14-6-7-17-19(18(14)15)16(13)8-9-21(17,4)22-5/h11,13,15-19H,6-10,12H2,1-4H3/t13-,15-,16+,17-,18-,19+,21-/m0/s1. The Labute approximate surface area is 136 Å². The third-order valence-electron chi connectivity index (χ3n) is 7.86. The molecule has 1 nitrogen and oxygen atoms in total. The van der Waals surface area contributed by atoms with Crippen molar-refractivity contribution < 1.29 is 0 Å². The van der Waals surface area contributed by atoms with Crippen LogP contribution in [0.3, 0.4) is 0 Å². The van der Waals surface area contributed by atoms with E-state index in [0.717, 1.165) is 36.0 Å². The van der Waals surface area contributed by atoms with E-state index in [1.165, 1.54) is 32.1 Å². The third kappa shape index (κ3) is 1.95. The fraction of sp³-hybridized carbons (Fsp3) is 0.857. The quantitative estimate of drug-likeness (QED) is 0.397. The zero-order valence-corrected chi connectivity index (χ0v) is 14.7. The summed E-state index contributed by atoms with van der Waals surface area (Å²) in [7, 11) is 0. The molecule has 0 aliphatic heterocycles. The van der Waals surface area contributed by atoms with Gasteiger partial charge in [-0.2, -0.15) is 0 Å². The summed E-state index contributed by atoms with van der Waals surface area (Å²) < 4.78 is 0. The molecule has 120 valence electrons. The highest BCUT2D eigenvalue weighted by atomic mass is 14.8. The minimum atomic E-state index is -0.0682. The van der Waals surface area contributed by atoms with Crippen molar-refractivity contribution >= 4 is 0 Å². The van der Waals surface area contributed by atoms with E-state index in [4.69, 9.17) is 6.57 Å². The van der Waals surface area contributed by atoms with Crippen molar-refractivity contribution in [3.8, 4) is 0 Å². The van der Waals surface area contributed by atoms with Crippen molar-refractivity contribution in [3.05, 3.63) is 23.1 Å². The molecule has 0 heterocycles. The minimum absolute atomic E-state index is 0.0682. The predicted molar refractivity (Wildman–Crippen MR) is 91.2 cm³/mol. The Morgan fingerprint density at radius 3 is 2.73 bits per heavy atom.